The van der Waals surface area contributed by atoms with E-state index in [1.807, 2.05) is 41.1 Å². The van der Waals surface area contributed by atoms with Gasteiger partial charge in [-0.05, 0) is 51.9 Å². The Labute approximate surface area is 126 Å². The molecule has 0 radical (unpaired) electrons. The number of rotatable bonds is 2. The molecular weight excluding hydrogens is 274 g/mol. The summed E-state index contributed by atoms with van der Waals surface area (Å²) in [5, 5.41) is 4.08. The number of amides is 1. The van der Waals surface area contributed by atoms with E-state index in [4.69, 9.17) is 5.73 Å². The van der Waals surface area contributed by atoms with Gasteiger partial charge in [-0.25, -0.2) is 4.98 Å². The summed E-state index contributed by atoms with van der Waals surface area (Å²) in [6, 6.07) is 15.9. The fraction of sp³-hybridized carbons (Fsp3) is 0. The summed E-state index contributed by atoms with van der Waals surface area (Å²) in [7, 11) is 0. The van der Waals surface area contributed by atoms with Crippen molar-refractivity contribution in [3.63, 3.8) is 0 Å². The van der Waals surface area contributed by atoms with Gasteiger partial charge in [-0.15, -0.1) is 0 Å². The number of nitrogens with zero attached hydrogens (tertiary/aromatic N) is 2. The molecule has 22 heavy (non-hydrogen) atoms. The van der Waals surface area contributed by atoms with Crippen molar-refractivity contribution in [1.82, 2.24) is 9.55 Å². The van der Waals surface area contributed by atoms with Crippen molar-refractivity contribution in [2.24, 2.45) is 5.73 Å². The lowest BCUT2D eigenvalue weighted by molar-refractivity contribution is 0.100. The topological polar surface area (TPSA) is 60.9 Å². The molecule has 1 aromatic heterocycles. The highest BCUT2D eigenvalue weighted by atomic mass is 16.1. The third-order valence-corrected chi connectivity index (χ3v) is 3.89. The zero-order valence-corrected chi connectivity index (χ0v) is 11.7. The summed E-state index contributed by atoms with van der Waals surface area (Å²) in [6.45, 7) is 0. The number of nitrogens with two attached hydrogens (primary N) is 1. The van der Waals surface area contributed by atoms with E-state index in [1.54, 1.807) is 18.6 Å². The lowest BCUT2D eigenvalue weighted by Gasteiger charge is -2.08. The van der Waals surface area contributed by atoms with Crippen molar-refractivity contribution in [2.75, 3.05) is 0 Å². The molecule has 1 amide bonds. The lowest BCUT2D eigenvalue weighted by atomic mass is 9.99. The van der Waals surface area contributed by atoms with Crippen LogP contribution < -0.4 is 5.73 Å². The Bertz CT molecular complexity index is 1000. The highest BCUT2D eigenvalue weighted by Gasteiger charge is 2.08. The molecule has 0 saturated carbocycles. The molecule has 0 fully saturated rings. The van der Waals surface area contributed by atoms with E-state index in [2.05, 4.69) is 17.1 Å². The van der Waals surface area contributed by atoms with Gasteiger partial charge < -0.3 is 10.3 Å². The first-order valence-electron chi connectivity index (χ1n) is 6.97. The predicted octanol–water partition coefficient (Wildman–Crippen LogP) is 3.28. The maximum absolute atomic E-state index is 11.6. The van der Waals surface area contributed by atoms with Gasteiger partial charge in [0.05, 0.1) is 6.33 Å². The first kappa shape index (κ1) is 12.6. The molecule has 4 rings (SSSR count). The van der Waals surface area contributed by atoms with Crippen LogP contribution in [0.25, 0.3) is 27.2 Å². The number of carbonyl (C=O) groups excluding carboxylic acids is 1. The van der Waals surface area contributed by atoms with Crippen molar-refractivity contribution < 1.29 is 4.79 Å². The van der Waals surface area contributed by atoms with Crippen LogP contribution in [0.3, 0.4) is 0 Å². The zero-order valence-electron chi connectivity index (χ0n) is 11.7. The molecule has 0 spiro atoms. The Kier molecular flexibility index (Phi) is 2.69. The number of carbonyl (C=O) groups is 1. The van der Waals surface area contributed by atoms with Gasteiger partial charge in [-0.2, -0.15) is 0 Å². The van der Waals surface area contributed by atoms with Gasteiger partial charge in [0.15, 0.2) is 0 Å². The van der Waals surface area contributed by atoms with Crippen LogP contribution in [0.2, 0.25) is 0 Å². The second-order valence-corrected chi connectivity index (χ2v) is 5.24. The summed E-state index contributed by atoms with van der Waals surface area (Å²) >= 11 is 0. The Morgan fingerprint density at radius 3 is 2.68 bits per heavy atom. The van der Waals surface area contributed by atoms with Crippen LogP contribution in [0.15, 0.2) is 67.3 Å². The fourth-order valence-corrected chi connectivity index (χ4v) is 2.80. The van der Waals surface area contributed by atoms with Gasteiger partial charge in [-0.1, -0.05) is 18.2 Å². The molecule has 0 saturated heterocycles. The Hall–Kier alpha value is -3.14. The van der Waals surface area contributed by atoms with Crippen LogP contribution in [-0.4, -0.2) is 15.5 Å². The van der Waals surface area contributed by atoms with Crippen LogP contribution >= 0.6 is 0 Å². The summed E-state index contributed by atoms with van der Waals surface area (Å²) < 4.78 is 1.96. The van der Waals surface area contributed by atoms with Crippen molar-refractivity contribution in [3.05, 3.63) is 72.8 Å². The second-order valence-electron chi connectivity index (χ2n) is 5.24. The maximum atomic E-state index is 11.6. The third kappa shape index (κ3) is 1.93. The number of fused-ring (bicyclic) bond motifs is 2. The molecule has 1 heterocycles. The number of primary amides is 1. The van der Waals surface area contributed by atoms with E-state index in [0.29, 0.717) is 5.56 Å². The summed E-state index contributed by atoms with van der Waals surface area (Å²) in [6.07, 6.45) is 5.44. The molecule has 0 unspecified atom stereocenters. The van der Waals surface area contributed by atoms with Crippen molar-refractivity contribution >= 4 is 27.5 Å². The van der Waals surface area contributed by atoms with Crippen LogP contribution in [-0.2, 0) is 0 Å². The van der Waals surface area contributed by atoms with Crippen molar-refractivity contribution in [1.29, 1.82) is 0 Å². The van der Waals surface area contributed by atoms with Gasteiger partial charge in [0.2, 0.25) is 5.91 Å². The number of hydrogen-bond acceptors (Lipinski definition) is 2. The van der Waals surface area contributed by atoms with Crippen LogP contribution in [0.4, 0.5) is 0 Å². The molecule has 4 aromatic rings. The average Bonchev–Trinajstić information content (AvgIpc) is 3.06. The van der Waals surface area contributed by atoms with E-state index in [-0.39, 0.29) is 0 Å². The monoisotopic (exact) mass is 287 g/mol. The predicted molar refractivity (Wildman–Crippen MR) is 87.1 cm³/mol. The molecule has 3 aromatic carbocycles. The number of aromatic nitrogens is 2. The highest BCUT2D eigenvalue weighted by molar-refractivity contribution is 6.10. The average molecular weight is 287 g/mol. The van der Waals surface area contributed by atoms with Crippen molar-refractivity contribution in [2.45, 2.75) is 0 Å². The highest BCUT2D eigenvalue weighted by Crippen LogP contribution is 2.27. The smallest absolute Gasteiger partial charge is 0.249 e. The van der Waals surface area contributed by atoms with Gasteiger partial charge in [0, 0.05) is 23.6 Å². The number of hydrogen-bond donors (Lipinski definition) is 1. The molecule has 0 atom stereocenters. The van der Waals surface area contributed by atoms with E-state index in [1.165, 1.54) is 0 Å². The van der Waals surface area contributed by atoms with E-state index in [9.17, 15) is 4.79 Å². The molecule has 4 heteroatoms. The molecule has 106 valence electrons. The van der Waals surface area contributed by atoms with Crippen molar-refractivity contribution in [3.8, 4) is 5.69 Å². The first-order valence-corrected chi connectivity index (χ1v) is 6.97. The molecule has 2 N–H and O–H groups in total. The number of benzene rings is 3. The molecule has 4 nitrogen and oxygen atoms in total. The minimum absolute atomic E-state index is 0.403. The number of imidazole rings is 1. The standard InChI is InChI=1S/C18H13N3O/c19-18(22)16-3-1-2-13-8-14-9-15(21-7-6-20-11-21)5-4-12(14)10-17(13)16/h1-11H,(H2,19,22). The van der Waals surface area contributed by atoms with E-state index < -0.39 is 5.91 Å². The molecule has 0 aliphatic rings. The van der Waals surface area contributed by atoms with E-state index in [0.717, 1.165) is 27.2 Å². The summed E-state index contributed by atoms with van der Waals surface area (Å²) in [4.78, 5) is 15.6. The maximum Gasteiger partial charge on any atom is 0.249 e. The molecule has 0 bridgehead atoms. The fourth-order valence-electron chi connectivity index (χ4n) is 2.80. The van der Waals surface area contributed by atoms with Gasteiger partial charge >= 0.3 is 0 Å². The summed E-state index contributed by atoms with van der Waals surface area (Å²) in [5.41, 5.74) is 7.07. The van der Waals surface area contributed by atoms with Gasteiger partial charge in [0.1, 0.15) is 0 Å². The SMILES string of the molecule is NC(=O)c1cccc2cc3cc(-n4ccnc4)ccc3cc12. The first-order chi connectivity index (χ1) is 10.7. The van der Waals surface area contributed by atoms with Crippen LogP contribution in [0.1, 0.15) is 10.4 Å². The third-order valence-electron chi connectivity index (χ3n) is 3.89. The molecular formula is C18H13N3O. The second kappa shape index (κ2) is 4.70. The Morgan fingerprint density at radius 1 is 1.00 bits per heavy atom. The molecule has 0 aliphatic carbocycles. The Morgan fingerprint density at radius 2 is 1.91 bits per heavy atom. The van der Waals surface area contributed by atoms with Gasteiger partial charge in [0.25, 0.3) is 0 Å². The van der Waals surface area contributed by atoms with Gasteiger partial charge in [-0.3, -0.25) is 4.79 Å². The quantitative estimate of drug-likeness (QED) is 0.575. The normalized spacial score (nSPS) is 11.1. The van der Waals surface area contributed by atoms with Crippen LogP contribution in [0, 0.1) is 0 Å². The van der Waals surface area contributed by atoms with E-state index >= 15 is 0 Å². The molecule has 0 aliphatic heterocycles. The minimum Gasteiger partial charge on any atom is -0.366 e. The summed E-state index contributed by atoms with van der Waals surface area (Å²) in [5.74, 6) is -0.403. The Balaban J connectivity index is 1.99. The largest absolute Gasteiger partial charge is 0.366 e. The van der Waals surface area contributed by atoms with Crippen LogP contribution in [0.5, 0.6) is 0 Å². The lowest BCUT2D eigenvalue weighted by Crippen LogP contribution is -2.11. The zero-order chi connectivity index (χ0) is 15.1. The minimum atomic E-state index is -0.403.